The maximum atomic E-state index is 6.25. The van der Waals surface area contributed by atoms with E-state index >= 15 is 0 Å². The van der Waals surface area contributed by atoms with Crippen LogP contribution in [0.1, 0.15) is 46.1 Å². The van der Waals surface area contributed by atoms with E-state index < -0.39 is 0 Å². The molecule has 1 aromatic rings. The average Bonchev–Trinajstić information content (AvgIpc) is 2.73. The SMILES string of the molecule is CC1CCCN1c1cc(CNC(C)(C)C)c(Cl)cn1. The lowest BCUT2D eigenvalue weighted by Gasteiger charge is -2.24. The van der Waals surface area contributed by atoms with Gasteiger partial charge in [-0.25, -0.2) is 4.98 Å². The first-order valence-corrected chi connectivity index (χ1v) is 7.41. The third-order valence-electron chi connectivity index (χ3n) is 3.58. The first-order valence-electron chi connectivity index (χ1n) is 7.03. The highest BCUT2D eigenvalue weighted by Gasteiger charge is 2.22. The third kappa shape index (κ3) is 3.83. The van der Waals surface area contributed by atoms with Crippen molar-refractivity contribution in [3.8, 4) is 0 Å². The van der Waals surface area contributed by atoms with Crippen LogP contribution in [0.3, 0.4) is 0 Å². The van der Waals surface area contributed by atoms with Crippen LogP contribution in [0.15, 0.2) is 12.3 Å². The van der Waals surface area contributed by atoms with E-state index in [0.29, 0.717) is 6.04 Å². The summed E-state index contributed by atoms with van der Waals surface area (Å²) in [6.45, 7) is 10.6. The largest absolute Gasteiger partial charge is 0.354 e. The molecule has 1 aliphatic heterocycles. The van der Waals surface area contributed by atoms with Gasteiger partial charge in [0.1, 0.15) is 5.82 Å². The normalized spacial score (nSPS) is 20.1. The minimum absolute atomic E-state index is 0.0910. The van der Waals surface area contributed by atoms with Crippen molar-refractivity contribution >= 4 is 17.4 Å². The second kappa shape index (κ2) is 5.68. The van der Waals surface area contributed by atoms with Gasteiger partial charge < -0.3 is 10.2 Å². The Bertz CT molecular complexity index is 440. The fraction of sp³-hybridized carbons (Fsp3) is 0.667. The van der Waals surface area contributed by atoms with Crippen LogP contribution in [0, 0.1) is 0 Å². The fourth-order valence-electron chi connectivity index (χ4n) is 2.39. The first kappa shape index (κ1) is 14.6. The summed E-state index contributed by atoms with van der Waals surface area (Å²) in [5.74, 6) is 1.06. The Balaban J connectivity index is 2.15. The molecule has 0 spiro atoms. The summed E-state index contributed by atoms with van der Waals surface area (Å²) < 4.78 is 0. The Labute approximate surface area is 121 Å². The lowest BCUT2D eigenvalue weighted by Crippen LogP contribution is -2.35. The van der Waals surface area contributed by atoms with Gasteiger partial charge in [0.15, 0.2) is 0 Å². The third-order valence-corrected chi connectivity index (χ3v) is 3.92. The van der Waals surface area contributed by atoms with Crippen LogP contribution >= 0.6 is 11.6 Å². The zero-order valence-electron chi connectivity index (χ0n) is 12.3. The van der Waals surface area contributed by atoms with Crippen LogP contribution in [0.2, 0.25) is 5.02 Å². The van der Waals surface area contributed by atoms with Crippen LogP contribution in [-0.4, -0.2) is 23.1 Å². The molecule has 106 valence electrons. The number of hydrogen-bond donors (Lipinski definition) is 1. The van der Waals surface area contributed by atoms with E-state index in [9.17, 15) is 0 Å². The van der Waals surface area contributed by atoms with Gasteiger partial charge in [0, 0.05) is 30.9 Å². The summed E-state index contributed by atoms with van der Waals surface area (Å²) in [6.07, 6.45) is 4.28. The van der Waals surface area contributed by atoms with Crippen LogP contribution in [0.4, 0.5) is 5.82 Å². The monoisotopic (exact) mass is 281 g/mol. The number of nitrogens with one attached hydrogen (secondary N) is 1. The molecule has 1 N–H and O–H groups in total. The Morgan fingerprint density at radius 1 is 1.47 bits per heavy atom. The highest BCUT2D eigenvalue weighted by atomic mass is 35.5. The predicted octanol–water partition coefficient (Wildman–Crippen LogP) is 3.61. The second-order valence-corrected chi connectivity index (χ2v) is 6.83. The smallest absolute Gasteiger partial charge is 0.129 e. The van der Waals surface area contributed by atoms with Crippen LogP contribution in [0.5, 0.6) is 0 Å². The van der Waals surface area contributed by atoms with Gasteiger partial charge in [-0.2, -0.15) is 0 Å². The van der Waals surface area contributed by atoms with E-state index in [1.54, 1.807) is 6.20 Å². The quantitative estimate of drug-likeness (QED) is 0.917. The molecule has 0 saturated carbocycles. The number of pyridine rings is 1. The van der Waals surface area contributed by atoms with Gasteiger partial charge in [0.25, 0.3) is 0 Å². The van der Waals surface area contributed by atoms with Crippen LogP contribution < -0.4 is 10.2 Å². The fourth-order valence-corrected chi connectivity index (χ4v) is 2.56. The molecular formula is C15H24ClN3. The number of hydrogen-bond acceptors (Lipinski definition) is 3. The minimum Gasteiger partial charge on any atom is -0.354 e. The second-order valence-electron chi connectivity index (χ2n) is 6.42. The minimum atomic E-state index is 0.0910. The summed E-state index contributed by atoms with van der Waals surface area (Å²) >= 11 is 6.25. The number of anilines is 1. The lowest BCUT2D eigenvalue weighted by molar-refractivity contribution is 0.424. The molecule has 0 radical (unpaired) electrons. The van der Waals surface area contributed by atoms with Gasteiger partial charge in [-0.3, -0.25) is 0 Å². The van der Waals surface area contributed by atoms with Crippen molar-refractivity contribution in [2.75, 3.05) is 11.4 Å². The van der Waals surface area contributed by atoms with Gasteiger partial charge in [-0.1, -0.05) is 11.6 Å². The van der Waals surface area contributed by atoms with Crippen molar-refractivity contribution in [3.63, 3.8) is 0 Å². The standard InChI is InChI=1S/C15H24ClN3/c1-11-6-5-7-19(11)14-8-12(13(16)10-17-14)9-18-15(2,3)4/h8,10-11,18H,5-7,9H2,1-4H3. The molecule has 2 rings (SSSR count). The molecule has 1 atom stereocenters. The van der Waals surface area contributed by atoms with Gasteiger partial charge in [-0.05, 0) is 52.2 Å². The van der Waals surface area contributed by atoms with E-state index in [2.05, 4.69) is 49.0 Å². The number of nitrogens with zero attached hydrogens (tertiary/aromatic N) is 2. The van der Waals surface area contributed by atoms with Gasteiger partial charge in [0.05, 0.1) is 5.02 Å². The molecule has 0 aliphatic carbocycles. The topological polar surface area (TPSA) is 28.2 Å². The summed E-state index contributed by atoms with van der Waals surface area (Å²) in [6, 6.07) is 2.71. The summed E-state index contributed by atoms with van der Waals surface area (Å²) in [5.41, 5.74) is 1.22. The highest BCUT2D eigenvalue weighted by molar-refractivity contribution is 6.31. The summed E-state index contributed by atoms with van der Waals surface area (Å²) in [4.78, 5) is 6.85. The molecular weight excluding hydrogens is 258 g/mol. The molecule has 19 heavy (non-hydrogen) atoms. The van der Waals surface area contributed by atoms with E-state index in [1.165, 1.54) is 12.8 Å². The number of rotatable bonds is 3. The van der Waals surface area contributed by atoms with E-state index in [4.69, 9.17) is 11.6 Å². The van der Waals surface area contributed by atoms with Crippen LogP contribution in [-0.2, 0) is 6.54 Å². The summed E-state index contributed by atoms with van der Waals surface area (Å²) in [5, 5.41) is 4.22. The molecule has 1 aliphatic rings. The molecule has 0 aromatic carbocycles. The van der Waals surface area contributed by atoms with Crippen molar-refractivity contribution in [1.82, 2.24) is 10.3 Å². The molecule has 0 amide bonds. The molecule has 1 aromatic heterocycles. The Morgan fingerprint density at radius 3 is 2.79 bits per heavy atom. The van der Waals surface area contributed by atoms with E-state index in [-0.39, 0.29) is 5.54 Å². The Morgan fingerprint density at radius 2 is 2.21 bits per heavy atom. The molecule has 1 fully saturated rings. The molecule has 2 heterocycles. The number of aromatic nitrogens is 1. The molecule has 0 bridgehead atoms. The molecule has 3 nitrogen and oxygen atoms in total. The van der Waals surface area contributed by atoms with Crippen molar-refractivity contribution in [2.45, 2.75) is 58.7 Å². The van der Waals surface area contributed by atoms with Crippen molar-refractivity contribution < 1.29 is 0 Å². The van der Waals surface area contributed by atoms with Crippen molar-refractivity contribution in [3.05, 3.63) is 22.8 Å². The van der Waals surface area contributed by atoms with E-state index in [0.717, 1.165) is 29.5 Å². The molecule has 1 saturated heterocycles. The lowest BCUT2D eigenvalue weighted by atomic mass is 10.1. The zero-order chi connectivity index (χ0) is 14.0. The molecule has 1 unspecified atom stereocenters. The zero-order valence-corrected chi connectivity index (χ0v) is 13.1. The van der Waals surface area contributed by atoms with Gasteiger partial charge in [0.2, 0.25) is 0 Å². The maximum absolute atomic E-state index is 6.25. The Hall–Kier alpha value is -0.800. The van der Waals surface area contributed by atoms with E-state index in [1.807, 2.05) is 0 Å². The first-order chi connectivity index (χ1) is 8.87. The average molecular weight is 282 g/mol. The van der Waals surface area contributed by atoms with Gasteiger partial charge >= 0.3 is 0 Å². The maximum Gasteiger partial charge on any atom is 0.129 e. The summed E-state index contributed by atoms with van der Waals surface area (Å²) in [7, 11) is 0. The highest BCUT2D eigenvalue weighted by Crippen LogP contribution is 2.26. The van der Waals surface area contributed by atoms with Gasteiger partial charge in [-0.15, -0.1) is 0 Å². The van der Waals surface area contributed by atoms with Crippen molar-refractivity contribution in [1.29, 1.82) is 0 Å². The number of halogens is 1. The van der Waals surface area contributed by atoms with Crippen molar-refractivity contribution in [2.24, 2.45) is 0 Å². The predicted molar refractivity (Wildman–Crippen MR) is 81.9 cm³/mol. The Kier molecular flexibility index (Phi) is 4.36. The van der Waals surface area contributed by atoms with Crippen LogP contribution in [0.25, 0.3) is 0 Å². The molecule has 4 heteroatoms.